The van der Waals surface area contributed by atoms with Crippen molar-refractivity contribution in [3.05, 3.63) is 35.2 Å². The molecule has 0 amide bonds. The van der Waals surface area contributed by atoms with E-state index in [0.29, 0.717) is 11.3 Å². The molecule has 0 aliphatic rings. The number of nitrogens with zero attached hydrogens (tertiary/aromatic N) is 1. The highest BCUT2D eigenvalue weighted by atomic mass is 32.1. The molecular formula is C11H10F2N2S. The molecule has 2 nitrogen and oxygen atoms in total. The number of aromatic nitrogens is 1. The number of halogens is 2. The van der Waals surface area contributed by atoms with Crippen molar-refractivity contribution in [2.75, 3.05) is 11.9 Å². The van der Waals surface area contributed by atoms with Gasteiger partial charge >= 0.3 is 0 Å². The monoisotopic (exact) mass is 240 g/mol. The highest BCUT2D eigenvalue weighted by Crippen LogP contribution is 2.25. The van der Waals surface area contributed by atoms with Gasteiger partial charge in [-0.2, -0.15) is 0 Å². The third-order valence-corrected chi connectivity index (χ3v) is 2.79. The molecule has 5 heteroatoms. The Morgan fingerprint density at radius 2 is 1.94 bits per heavy atom. The topological polar surface area (TPSA) is 24.9 Å². The van der Waals surface area contributed by atoms with Gasteiger partial charge in [0, 0.05) is 23.6 Å². The highest BCUT2D eigenvalue weighted by Gasteiger charge is 2.07. The predicted molar refractivity (Wildman–Crippen MR) is 61.6 cm³/mol. The Morgan fingerprint density at radius 3 is 2.56 bits per heavy atom. The molecule has 0 bridgehead atoms. The van der Waals surface area contributed by atoms with Crippen molar-refractivity contribution in [1.82, 2.24) is 4.98 Å². The first-order chi connectivity index (χ1) is 7.69. The van der Waals surface area contributed by atoms with Gasteiger partial charge in [-0.1, -0.05) is 0 Å². The minimum atomic E-state index is -0.590. The van der Waals surface area contributed by atoms with E-state index in [-0.39, 0.29) is 0 Å². The van der Waals surface area contributed by atoms with Crippen LogP contribution in [0.15, 0.2) is 23.6 Å². The Morgan fingerprint density at radius 1 is 1.25 bits per heavy atom. The molecule has 84 valence electrons. The van der Waals surface area contributed by atoms with Crippen LogP contribution in [-0.4, -0.2) is 11.5 Å². The molecular weight excluding hydrogens is 230 g/mol. The smallest absolute Gasteiger partial charge is 0.183 e. The van der Waals surface area contributed by atoms with Gasteiger partial charge in [0.2, 0.25) is 0 Å². The first-order valence-corrected chi connectivity index (χ1v) is 5.73. The third kappa shape index (κ3) is 2.36. The van der Waals surface area contributed by atoms with Crippen molar-refractivity contribution in [1.29, 1.82) is 0 Å². The van der Waals surface area contributed by atoms with Crippen LogP contribution in [0, 0.1) is 11.6 Å². The van der Waals surface area contributed by atoms with Crippen molar-refractivity contribution in [3.63, 3.8) is 0 Å². The van der Waals surface area contributed by atoms with Crippen LogP contribution < -0.4 is 5.32 Å². The number of rotatable bonds is 3. The van der Waals surface area contributed by atoms with Gasteiger partial charge in [0.25, 0.3) is 0 Å². The van der Waals surface area contributed by atoms with E-state index in [1.807, 2.05) is 6.92 Å². The Labute approximate surface area is 96.0 Å². The molecule has 1 aromatic heterocycles. The first-order valence-electron chi connectivity index (χ1n) is 4.85. The summed E-state index contributed by atoms with van der Waals surface area (Å²) in [7, 11) is 0. The fourth-order valence-electron chi connectivity index (χ4n) is 1.34. The zero-order chi connectivity index (χ0) is 11.5. The molecule has 0 saturated carbocycles. The molecule has 1 aromatic carbocycles. The highest BCUT2D eigenvalue weighted by molar-refractivity contribution is 7.14. The number of benzene rings is 1. The lowest BCUT2D eigenvalue weighted by molar-refractivity contribution is 0.584. The summed E-state index contributed by atoms with van der Waals surface area (Å²) in [4.78, 5) is 4.23. The lowest BCUT2D eigenvalue weighted by Gasteiger charge is -1.98. The SMILES string of the molecule is CCNc1nc(-c2cc(F)cc(F)c2)cs1. The van der Waals surface area contributed by atoms with Crippen LogP contribution in [0.3, 0.4) is 0 Å². The van der Waals surface area contributed by atoms with Crippen molar-refractivity contribution < 1.29 is 8.78 Å². The molecule has 0 unspecified atom stereocenters. The van der Waals surface area contributed by atoms with Crippen LogP contribution in [0.2, 0.25) is 0 Å². The Kier molecular flexibility index (Phi) is 3.14. The Balaban J connectivity index is 2.34. The van der Waals surface area contributed by atoms with E-state index in [9.17, 15) is 8.78 Å². The van der Waals surface area contributed by atoms with Crippen molar-refractivity contribution >= 4 is 16.5 Å². The molecule has 0 atom stereocenters. The molecule has 2 rings (SSSR count). The molecule has 2 aromatic rings. The fraction of sp³-hybridized carbons (Fsp3) is 0.182. The quantitative estimate of drug-likeness (QED) is 0.887. The molecule has 0 saturated heterocycles. The largest absolute Gasteiger partial charge is 0.362 e. The second-order valence-electron chi connectivity index (χ2n) is 3.23. The van der Waals surface area contributed by atoms with E-state index >= 15 is 0 Å². The summed E-state index contributed by atoms with van der Waals surface area (Å²) in [5, 5.41) is 5.57. The maximum Gasteiger partial charge on any atom is 0.183 e. The minimum absolute atomic E-state index is 0.456. The number of thiazole rings is 1. The summed E-state index contributed by atoms with van der Waals surface area (Å²) in [6.45, 7) is 2.73. The van der Waals surface area contributed by atoms with Gasteiger partial charge in [0.15, 0.2) is 5.13 Å². The van der Waals surface area contributed by atoms with Gasteiger partial charge in [0.1, 0.15) is 11.6 Å². The van der Waals surface area contributed by atoms with E-state index in [4.69, 9.17) is 0 Å². The minimum Gasteiger partial charge on any atom is -0.362 e. The molecule has 0 aliphatic carbocycles. The van der Waals surface area contributed by atoms with Crippen LogP contribution in [0.25, 0.3) is 11.3 Å². The van der Waals surface area contributed by atoms with Crippen LogP contribution in [-0.2, 0) is 0 Å². The average molecular weight is 240 g/mol. The molecule has 0 aliphatic heterocycles. The summed E-state index contributed by atoms with van der Waals surface area (Å²) in [6.07, 6.45) is 0. The van der Waals surface area contributed by atoms with Crippen molar-refractivity contribution in [3.8, 4) is 11.3 Å². The Hall–Kier alpha value is -1.49. The maximum atomic E-state index is 13.0. The normalized spacial score (nSPS) is 10.4. The molecule has 1 heterocycles. The van der Waals surface area contributed by atoms with Crippen LogP contribution in [0.5, 0.6) is 0 Å². The molecule has 16 heavy (non-hydrogen) atoms. The Bertz CT molecular complexity index is 476. The van der Waals surface area contributed by atoms with Gasteiger partial charge < -0.3 is 5.32 Å². The van der Waals surface area contributed by atoms with Gasteiger partial charge in [-0.3, -0.25) is 0 Å². The first kappa shape index (κ1) is 11.0. The second-order valence-corrected chi connectivity index (χ2v) is 4.08. The standard InChI is InChI=1S/C11H10F2N2S/c1-2-14-11-15-10(6-16-11)7-3-8(12)5-9(13)4-7/h3-6H,2H2,1H3,(H,14,15). The lowest BCUT2D eigenvalue weighted by Crippen LogP contribution is -1.95. The average Bonchev–Trinajstić information content (AvgIpc) is 2.65. The van der Waals surface area contributed by atoms with Crippen LogP contribution in [0.4, 0.5) is 13.9 Å². The maximum absolute atomic E-state index is 13.0. The molecule has 0 fully saturated rings. The van der Waals surface area contributed by atoms with Crippen LogP contribution >= 0.6 is 11.3 Å². The number of hydrogen-bond donors (Lipinski definition) is 1. The number of nitrogens with one attached hydrogen (secondary N) is 1. The number of anilines is 1. The molecule has 0 spiro atoms. The fourth-order valence-corrected chi connectivity index (χ4v) is 2.13. The summed E-state index contributed by atoms with van der Waals surface area (Å²) in [5.41, 5.74) is 1.04. The van der Waals surface area contributed by atoms with E-state index in [1.54, 1.807) is 5.38 Å². The van der Waals surface area contributed by atoms with E-state index in [0.717, 1.165) is 17.7 Å². The zero-order valence-corrected chi connectivity index (χ0v) is 9.44. The summed E-state index contributed by atoms with van der Waals surface area (Å²) < 4.78 is 26.0. The summed E-state index contributed by atoms with van der Waals surface area (Å²) in [5.74, 6) is -1.18. The predicted octanol–water partition coefficient (Wildman–Crippen LogP) is 3.52. The van der Waals surface area contributed by atoms with Crippen molar-refractivity contribution in [2.45, 2.75) is 6.92 Å². The van der Waals surface area contributed by atoms with E-state index < -0.39 is 11.6 Å². The zero-order valence-electron chi connectivity index (χ0n) is 8.63. The van der Waals surface area contributed by atoms with E-state index in [1.165, 1.54) is 23.5 Å². The summed E-state index contributed by atoms with van der Waals surface area (Å²) >= 11 is 1.41. The molecule has 1 N–H and O–H groups in total. The third-order valence-electron chi connectivity index (χ3n) is 1.99. The van der Waals surface area contributed by atoms with Gasteiger partial charge in [-0.15, -0.1) is 11.3 Å². The molecule has 0 radical (unpaired) electrons. The van der Waals surface area contributed by atoms with Gasteiger partial charge in [-0.25, -0.2) is 13.8 Å². The summed E-state index contributed by atoms with van der Waals surface area (Å²) in [6, 6.07) is 3.39. The number of hydrogen-bond acceptors (Lipinski definition) is 3. The van der Waals surface area contributed by atoms with Gasteiger partial charge in [-0.05, 0) is 19.1 Å². The van der Waals surface area contributed by atoms with Crippen LogP contribution in [0.1, 0.15) is 6.92 Å². The van der Waals surface area contributed by atoms with Crippen molar-refractivity contribution in [2.24, 2.45) is 0 Å². The second kappa shape index (κ2) is 4.57. The van der Waals surface area contributed by atoms with E-state index in [2.05, 4.69) is 10.3 Å². The lowest BCUT2D eigenvalue weighted by atomic mass is 10.2. The van der Waals surface area contributed by atoms with Gasteiger partial charge in [0.05, 0.1) is 5.69 Å².